The first-order valence-corrected chi connectivity index (χ1v) is 5.89. The molecule has 0 amide bonds. The molecule has 2 heterocycles. The lowest BCUT2D eigenvalue weighted by molar-refractivity contribution is 0.520. The fraction of sp³-hybridized carbons (Fsp3) is 0.385. The molecule has 0 spiro atoms. The van der Waals surface area contributed by atoms with E-state index >= 15 is 0 Å². The van der Waals surface area contributed by atoms with Gasteiger partial charge in [-0.05, 0) is 30.7 Å². The van der Waals surface area contributed by atoms with Crippen LogP contribution in [0, 0.1) is 0 Å². The number of imidazole rings is 1. The Kier molecular flexibility index (Phi) is 3.88. The molecule has 2 rings (SSSR count). The smallest absolute Gasteiger partial charge is 0.0946 e. The lowest BCUT2D eigenvalue weighted by atomic mass is 10.0. The molecule has 0 bridgehead atoms. The van der Waals surface area contributed by atoms with Crippen molar-refractivity contribution in [2.45, 2.75) is 19.4 Å². The molecule has 1 atom stereocenters. The van der Waals surface area contributed by atoms with Crippen LogP contribution in [0.3, 0.4) is 0 Å². The minimum absolute atomic E-state index is 0.301. The molecule has 2 aromatic rings. The second-order valence-corrected chi connectivity index (χ2v) is 4.10. The van der Waals surface area contributed by atoms with Crippen LogP contribution in [0.5, 0.6) is 0 Å². The molecule has 1 unspecified atom stereocenters. The van der Waals surface area contributed by atoms with Crippen LogP contribution in [0.15, 0.2) is 37.1 Å². The van der Waals surface area contributed by atoms with E-state index in [1.807, 2.05) is 32.0 Å². The first-order chi connectivity index (χ1) is 8.31. The molecule has 4 heteroatoms. The van der Waals surface area contributed by atoms with Crippen molar-refractivity contribution in [2.24, 2.45) is 7.05 Å². The lowest BCUT2D eigenvalue weighted by Crippen LogP contribution is -2.24. The van der Waals surface area contributed by atoms with Gasteiger partial charge in [0.05, 0.1) is 18.1 Å². The van der Waals surface area contributed by atoms with Crippen molar-refractivity contribution in [1.29, 1.82) is 0 Å². The van der Waals surface area contributed by atoms with Crippen LogP contribution < -0.4 is 5.32 Å². The molecule has 90 valence electrons. The number of hydrogen-bond acceptors (Lipinski definition) is 3. The fourth-order valence-corrected chi connectivity index (χ4v) is 1.99. The SMILES string of the molecule is CCNC(Cc1ccncc1)c1cncn1C. The Hall–Kier alpha value is -1.68. The number of aryl methyl sites for hydroxylation is 1. The van der Waals surface area contributed by atoms with Gasteiger partial charge < -0.3 is 9.88 Å². The van der Waals surface area contributed by atoms with E-state index in [2.05, 4.69) is 38.9 Å². The molecule has 1 N–H and O–H groups in total. The summed E-state index contributed by atoms with van der Waals surface area (Å²) in [6.45, 7) is 3.07. The molecule has 0 saturated carbocycles. The third-order valence-electron chi connectivity index (χ3n) is 2.85. The summed E-state index contributed by atoms with van der Waals surface area (Å²) in [5.41, 5.74) is 2.50. The normalized spacial score (nSPS) is 12.6. The third kappa shape index (κ3) is 2.91. The molecule has 2 aromatic heterocycles. The average molecular weight is 230 g/mol. The maximum Gasteiger partial charge on any atom is 0.0946 e. The van der Waals surface area contributed by atoms with E-state index < -0.39 is 0 Å². The molecule has 0 aromatic carbocycles. The molecule has 17 heavy (non-hydrogen) atoms. The zero-order valence-electron chi connectivity index (χ0n) is 10.3. The van der Waals surface area contributed by atoms with Crippen molar-refractivity contribution in [3.8, 4) is 0 Å². The van der Waals surface area contributed by atoms with Gasteiger partial charge in [-0.1, -0.05) is 6.92 Å². The van der Waals surface area contributed by atoms with E-state index in [9.17, 15) is 0 Å². The van der Waals surface area contributed by atoms with E-state index in [-0.39, 0.29) is 0 Å². The number of nitrogens with zero attached hydrogens (tertiary/aromatic N) is 3. The van der Waals surface area contributed by atoms with Gasteiger partial charge in [-0.3, -0.25) is 4.98 Å². The molecule has 0 fully saturated rings. The van der Waals surface area contributed by atoms with Gasteiger partial charge in [0, 0.05) is 25.6 Å². The van der Waals surface area contributed by atoms with Crippen molar-refractivity contribution < 1.29 is 0 Å². The van der Waals surface area contributed by atoms with E-state index in [1.54, 1.807) is 0 Å². The summed E-state index contributed by atoms with van der Waals surface area (Å²) >= 11 is 0. The van der Waals surface area contributed by atoms with Gasteiger partial charge in [0.25, 0.3) is 0 Å². The van der Waals surface area contributed by atoms with Crippen LogP contribution in [-0.4, -0.2) is 21.1 Å². The van der Waals surface area contributed by atoms with Crippen LogP contribution in [0.2, 0.25) is 0 Å². The van der Waals surface area contributed by atoms with Crippen LogP contribution in [0.4, 0.5) is 0 Å². The molecule has 0 aliphatic heterocycles. The highest BCUT2D eigenvalue weighted by molar-refractivity contribution is 5.16. The van der Waals surface area contributed by atoms with Crippen molar-refractivity contribution in [3.63, 3.8) is 0 Å². The van der Waals surface area contributed by atoms with Gasteiger partial charge in [0.1, 0.15) is 0 Å². The van der Waals surface area contributed by atoms with Crippen LogP contribution in [0.25, 0.3) is 0 Å². The Morgan fingerprint density at radius 1 is 1.29 bits per heavy atom. The van der Waals surface area contributed by atoms with Crippen LogP contribution in [-0.2, 0) is 13.5 Å². The predicted octanol–water partition coefficient (Wildman–Crippen LogP) is 1.71. The molecular weight excluding hydrogens is 212 g/mol. The van der Waals surface area contributed by atoms with Crippen molar-refractivity contribution >= 4 is 0 Å². The Labute approximate surface area is 102 Å². The summed E-state index contributed by atoms with van der Waals surface area (Å²) in [4.78, 5) is 8.22. The minimum Gasteiger partial charge on any atom is -0.336 e. The van der Waals surface area contributed by atoms with Gasteiger partial charge >= 0.3 is 0 Å². The Bertz CT molecular complexity index is 449. The maximum absolute atomic E-state index is 4.18. The number of hydrogen-bond donors (Lipinski definition) is 1. The number of nitrogens with one attached hydrogen (secondary N) is 1. The number of likely N-dealkylation sites (N-methyl/N-ethyl adjacent to an activating group) is 1. The molecular formula is C13H18N4. The quantitative estimate of drug-likeness (QED) is 0.850. The molecule has 0 saturated heterocycles. The lowest BCUT2D eigenvalue weighted by Gasteiger charge is -2.18. The summed E-state index contributed by atoms with van der Waals surface area (Å²) in [6.07, 6.45) is 8.39. The second kappa shape index (κ2) is 5.59. The van der Waals surface area contributed by atoms with E-state index in [4.69, 9.17) is 0 Å². The highest BCUT2D eigenvalue weighted by Crippen LogP contribution is 2.17. The fourth-order valence-electron chi connectivity index (χ4n) is 1.99. The summed E-state index contributed by atoms with van der Waals surface area (Å²) < 4.78 is 2.06. The number of pyridine rings is 1. The first-order valence-electron chi connectivity index (χ1n) is 5.89. The van der Waals surface area contributed by atoms with E-state index in [0.717, 1.165) is 13.0 Å². The van der Waals surface area contributed by atoms with Gasteiger partial charge in [-0.2, -0.15) is 0 Å². The Morgan fingerprint density at radius 2 is 2.06 bits per heavy atom. The standard InChI is InChI=1S/C13H18N4/c1-3-16-12(13-9-15-10-17(13)2)8-11-4-6-14-7-5-11/h4-7,9-10,12,16H,3,8H2,1-2H3. The minimum atomic E-state index is 0.301. The van der Waals surface area contributed by atoms with Crippen LogP contribution >= 0.6 is 0 Å². The van der Waals surface area contributed by atoms with Crippen LogP contribution in [0.1, 0.15) is 24.2 Å². The van der Waals surface area contributed by atoms with Crippen molar-refractivity contribution in [2.75, 3.05) is 6.54 Å². The second-order valence-electron chi connectivity index (χ2n) is 4.10. The van der Waals surface area contributed by atoms with Gasteiger partial charge in [-0.15, -0.1) is 0 Å². The molecule has 0 aliphatic rings. The topological polar surface area (TPSA) is 42.7 Å². The van der Waals surface area contributed by atoms with E-state index in [1.165, 1.54) is 11.3 Å². The summed E-state index contributed by atoms with van der Waals surface area (Å²) in [7, 11) is 2.03. The number of rotatable bonds is 5. The monoisotopic (exact) mass is 230 g/mol. The highest BCUT2D eigenvalue weighted by Gasteiger charge is 2.14. The molecule has 4 nitrogen and oxygen atoms in total. The highest BCUT2D eigenvalue weighted by atomic mass is 15.1. The zero-order chi connectivity index (χ0) is 12.1. The van der Waals surface area contributed by atoms with Gasteiger partial charge in [-0.25, -0.2) is 4.98 Å². The molecule has 0 aliphatic carbocycles. The van der Waals surface area contributed by atoms with E-state index in [0.29, 0.717) is 6.04 Å². The third-order valence-corrected chi connectivity index (χ3v) is 2.85. The largest absolute Gasteiger partial charge is 0.336 e. The summed E-state index contributed by atoms with van der Waals surface area (Å²) in [5, 5.41) is 3.49. The van der Waals surface area contributed by atoms with Crippen molar-refractivity contribution in [1.82, 2.24) is 19.9 Å². The predicted molar refractivity (Wildman–Crippen MR) is 67.6 cm³/mol. The summed E-state index contributed by atoms with van der Waals surface area (Å²) in [6, 6.07) is 4.41. The average Bonchev–Trinajstić information content (AvgIpc) is 2.76. The maximum atomic E-state index is 4.18. The number of aromatic nitrogens is 3. The Morgan fingerprint density at radius 3 is 2.65 bits per heavy atom. The van der Waals surface area contributed by atoms with Gasteiger partial charge in [0.2, 0.25) is 0 Å². The Balaban J connectivity index is 2.16. The first kappa shape index (κ1) is 11.8. The molecule has 0 radical (unpaired) electrons. The van der Waals surface area contributed by atoms with Gasteiger partial charge in [0.15, 0.2) is 0 Å². The summed E-state index contributed by atoms with van der Waals surface area (Å²) in [5.74, 6) is 0. The zero-order valence-corrected chi connectivity index (χ0v) is 10.3. The van der Waals surface area contributed by atoms with Crippen molar-refractivity contribution in [3.05, 3.63) is 48.3 Å².